The number of rotatable bonds is 11. The quantitative estimate of drug-likeness (QED) is 0.423. The van der Waals surface area contributed by atoms with Gasteiger partial charge >= 0.3 is 0 Å². The van der Waals surface area contributed by atoms with Crippen LogP contribution < -0.4 is 5.73 Å². The lowest BCUT2D eigenvalue weighted by Gasteiger charge is -2.16. The van der Waals surface area contributed by atoms with Crippen LogP contribution in [0.2, 0.25) is 0 Å². The largest absolute Gasteiger partial charge is 0.393 e. The monoisotopic (exact) mass is 322 g/mol. The highest BCUT2D eigenvalue weighted by molar-refractivity contribution is 5.29. The minimum absolute atomic E-state index is 0.400. The first-order chi connectivity index (χ1) is 11.1. The van der Waals surface area contributed by atoms with Crippen LogP contribution in [-0.4, -0.2) is 44.0 Å². The summed E-state index contributed by atoms with van der Waals surface area (Å²) in [7, 11) is 0. The molecule has 130 valence electrons. The van der Waals surface area contributed by atoms with E-state index in [0.29, 0.717) is 5.69 Å². The van der Waals surface area contributed by atoms with Gasteiger partial charge < -0.3 is 15.9 Å². The van der Waals surface area contributed by atoms with Crippen molar-refractivity contribution in [1.82, 2.24) is 15.0 Å². The highest BCUT2D eigenvalue weighted by atomic mass is 16.3. The summed E-state index contributed by atoms with van der Waals surface area (Å²) in [6, 6.07) is 0. The van der Waals surface area contributed by atoms with Gasteiger partial charge in [-0.15, -0.1) is 5.10 Å². The second kappa shape index (κ2) is 11.2. The molecule has 0 aliphatic carbocycles. The average molecular weight is 322 g/mol. The minimum atomic E-state index is -1.29. The fourth-order valence-electron chi connectivity index (χ4n) is 2.19. The predicted molar refractivity (Wildman–Crippen MR) is 90.6 cm³/mol. The molecule has 0 saturated heterocycles. The normalized spacial score (nSPS) is 11.3. The van der Waals surface area contributed by atoms with Crippen molar-refractivity contribution in [3.8, 4) is 11.8 Å². The molecule has 0 atom stereocenters. The number of nitrogens with zero attached hydrogens (tertiary/aromatic N) is 3. The lowest BCUT2D eigenvalue weighted by atomic mass is 10.1. The van der Waals surface area contributed by atoms with Gasteiger partial charge in [-0.2, -0.15) is 0 Å². The van der Waals surface area contributed by atoms with Crippen molar-refractivity contribution >= 4 is 0 Å². The van der Waals surface area contributed by atoms with Gasteiger partial charge in [0.05, 0.1) is 19.4 Å². The van der Waals surface area contributed by atoms with Crippen LogP contribution in [0.5, 0.6) is 0 Å². The molecule has 0 amide bonds. The summed E-state index contributed by atoms with van der Waals surface area (Å²) in [4.78, 5) is 0. The summed E-state index contributed by atoms with van der Waals surface area (Å²) in [5.74, 6) is 5.39. The van der Waals surface area contributed by atoms with Crippen LogP contribution >= 0.6 is 0 Å². The number of hydrogen-bond donors (Lipinski definition) is 3. The Bertz CT molecular complexity index is 486. The van der Waals surface area contributed by atoms with Crippen molar-refractivity contribution in [3.63, 3.8) is 0 Å². The predicted octanol–water partition coefficient (Wildman–Crippen LogP) is 1.45. The summed E-state index contributed by atoms with van der Waals surface area (Å²) in [5, 5.41) is 26.1. The van der Waals surface area contributed by atoms with Crippen LogP contribution in [-0.2, 0) is 6.54 Å². The Morgan fingerprint density at radius 3 is 2.30 bits per heavy atom. The van der Waals surface area contributed by atoms with Crippen LogP contribution in [0.25, 0.3) is 0 Å². The lowest BCUT2D eigenvalue weighted by molar-refractivity contribution is 0.158. The fraction of sp³-hybridized carbons (Fsp3) is 0.765. The number of aryl methyl sites for hydroxylation is 1. The van der Waals surface area contributed by atoms with Crippen molar-refractivity contribution in [2.24, 2.45) is 5.73 Å². The fourth-order valence-corrected chi connectivity index (χ4v) is 2.19. The molecule has 0 radical (unpaired) electrons. The molecule has 0 aliphatic heterocycles. The zero-order chi connectivity index (χ0) is 17.0. The number of hydrogen-bond acceptors (Lipinski definition) is 5. The minimum Gasteiger partial charge on any atom is -0.393 e. The maximum atomic E-state index is 9.07. The van der Waals surface area contributed by atoms with Crippen molar-refractivity contribution in [2.45, 2.75) is 70.4 Å². The Kier molecular flexibility index (Phi) is 9.53. The van der Waals surface area contributed by atoms with E-state index >= 15 is 0 Å². The first-order valence-corrected chi connectivity index (χ1v) is 8.57. The number of unbranched alkanes of at least 4 members (excludes halogenated alkanes) is 7. The third kappa shape index (κ3) is 8.12. The third-order valence-corrected chi connectivity index (χ3v) is 3.78. The van der Waals surface area contributed by atoms with Crippen molar-refractivity contribution in [1.29, 1.82) is 0 Å². The Morgan fingerprint density at radius 2 is 1.70 bits per heavy atom. The molecule has 0 aromatic carbocycles. The molecule has 0 saturated carbocycles. The summed E-state index contributed by atoms with van der Waals surface area (Å²) < 4.78 is 1.77. The molecule has 0 fully saturated rings. The van der Waals surface area contributed by atoms with Gasteiger partial charge in [0, 0.05) is 6.54 Å². The van der Waals surface area contributed by atoms with Gasteiger partial charge in [0.15, 0.2) is 5.69 Å². The molecule has 6 heteroatoms. The molecular weight excluding hydrogens is 292 g/mol. The molecule has 0 unspecified atom stereocenters. The second-order valence-electron chi connectivity index (χ2n) is 6.06. The van der Waals surface area contributed by atoms with E-state index in [2.05, 4.69) is 29.1 Å². The van der Waals surface area contributed by atoms with Gasteiger partial charge in [0.2, 0.25) is 0 Å². The maximum Gasteiger partial charge on any atom is 0.155 e. The van der Waals surface area contributed by atoms with E-state index in [0.717, 1.165) is 13.0 Å². The van der Waals surface area contributed by atoms with Gasteiger partial charge in [-0.25, -0.2) is 0 Å². The molecular formula is C17H30N4O2. The molecule has 1 rings (SSSR count). The molecule has 1 aromatic rings. The Hall–Kier alpha value is -1.42. The van der Waals surface area contributed by atoms with E-state index in [1.54, 1.807) is 10.9 Å². The van der Waals surface area contributed by atoms with Crippen molar-refractivity contribution in [2.75, 3.05) is 13.2 Å². The van der Waals surface area contributed by atoms with Gasteiger partial charge in [-0.3, -0.25) is 4.68 Å². The molecule has 0 bridgehead atoms. The van der Waals surface area contributed by atoms with Gasteiger partial charge in [-0.1, -0.05) is 63.0 Å². The van der Waals surface area contributed by atoms with Crippen molar-refractivity contribution < 1.29 is 10.2 Å². The van der Waals surface area contributed by atoms with Crippen LogP contribution in [0.3, 0.4) is 0 Å². The SMILES string of the molecule is CCCCCCCCCCn1cc(C#CC(N)(CO)CO)nn1. The van der Waals surface area contributed by atoms with E-state index in [1.807, 2.05) is 0 Å². The number of aliphatic hydroxyl groups is 2. The molecule has 1 heterocycles. The Morgan fingerprint density at radius 1 is 1.09 bits per heavy atom. The number of nitrogens with two attached hydrogens (primary N) is 1. The average Bonchev–Trinajstić information content (AvgIpc) is 3.03. The molecule has 0 aliphatic rings. The highest BCUT2D eigenvalue weighted by Crippen LogP contribution is 2.09. The van der Waals surface area contributed by atoms with E-state index < -0.39 is 18.8 Å². The maximum absolute atomic E-state index is 9.07. The second-order valence-corrected chi connectivity index (χ2v) is 6.06. The zero-order valence-corrected chi connectivity index (χ0v) is 14.2. The summed E-state index contributed by atoms with van der Waals surface area (Å²) in [5.41, 5.74) is 4.89. The molecule has 23 heavy (non-hydrogen) atoms. The first kappa shape index (κ1) is 19.6. The summed E-state index contributed by atoms with van der Waals surface area (Å²) >= 11 is 0. The Labute approximate surface area is 139 Å². The topological polar surface area (TPSA) is 97.2 Å². The molecule has 0 spiro atoms. The van der Waals surface area contributed by atoms with E-state index in [1.165, 1.54) is 44.9 Å². The summed E-state index contributed by atoms with van der Waals surface area (Å²) in [6.07, 6.45) is 12.0. The number of aliphatic hydroxyl groups excluding tert-OH is 2. The molecule has 4 N–H and O–H groups in total. The zero-order valence-electron chi connectivity index (χ0n) is 14.2. The molecule has 1 aromatic heterocycles. The summed E-state index contributed by atoms with van der Waals surface area (Å²) in [6.45, 7) is 2.26. The van der Waals surface area contributed by atoms with Crippen molar-refractivity contribution in [3.05, 3.63) is 11.9 Å². The first-order valence-electron chi connectivity index (χ1n) is 8.57. The van der Waals surface area contributed by atoms with E-state index in [-0.39, 0.29) is 0 Å². The van der Waals surface area contributed by atoms with Crippen LogP contribution in [0.15, 0.2) is 6.20 Å². The van der Waals surface area contributed by atoms with Gasteiger partial charge in [-0.05, 0) is 12.3 Å². The standard InChI is InChI=1S/C17H30N4O2/c1-2-3-4-5-6-7-8-9-12-21-13-16(19-20-21)10-11-17(18,14-22)15-23/h13,22-23H,2-9,12,14-15,18H2,1H3. The van der Waals surface area contributed by atoms with Gasteiger partial charge in [0.25, 0.3) is 0 Å². The number of aromatic nitrogens is 3. The van der Waals surface area contributed by atoms with Gasteiger partial charge in [0.1, 0.15) is 5.54 Å². The Balaban J connectivity index is 2.25. The van der Waals surface area contributed by atoms with Crippen LogP contribution in [0.1, 0.15) is 64.0 Å². The smallest absolute Gasteiger partial charge is 0.155 e. The van der Waals surface area contributed by atoms with Crippen LogP contribution in [0.4, 0.5) is 0 Å². The van der Waals surface area contributed by atoms with E-state index in [4.69, 9.17) is 15.9 Å². The lowest BCUT2D eigenvalue weighted by Crippen LogP contribution is -2.45. The van der Waals surface area contributed by atoms with E-state index in [9.17, 15) is 0 Å². The highest BCUT2D eigenvalue weighted by Gasteiger charge is 2.19. The third-order valence-electron chi connectivity index (χ3n) is 3.78. The molecule has 6 nitrogen and oxygen atoms in total. The van der Waals surface area contributed by atoms with Crippen LogP contribution in [0, 0.1) is 11.8 Å².